The molecule has 3 heteroatoms. The van der Waals surface area contributed by atoms with Crippen LogP contribution in [-0.4, -0.2) is 6.54 Å². The van der Waals surface area contributed by atoms with Crippen molar-refractivity contribution >= 4 is 34.2 Å². The molecular weight excluding hydrogens is 381 g/mol. The quantitative estimate of drug-likeness (QED) is 0.637. The van der Waals surface area contributed by atoms with Gasteiger partial charge in [0.05, 0.1) is 5.02 Å². The summed E-state index contributed by atoms with van der Waals surface area (Å²) in [5.41, 5.74) is 1.35. The second-order valence-corrected chi connectivity index (χ2v) is 7.81. The van der Waals surface area contributed by atoms with E-state index in [9.17, 15) is 0 Å². The van der Waals surface area contributed by atoms with E-state index < -0.39 is 0 Å². The minimum absolute atomic E-state index is 0.449. The van der Waals surface area contributed by atoms with Crippen molar-refractivity contribution in [3.63, 3.8) is 0 Å². The molecule has 1 N–H and O–H groups in total. The lowest BCUT2D eigenvalue weighted by molar-refractivity contribution is 0.172. The molecule has 1 nitrogen and oxygen atoms in total. The number of hydrogen-bond acceptors (Lipinski definition) is 1. The van der Waals surface area contributed by atoms with Crippen molar-refractivity contribution in [3.05, 3.63) is 32.4 Å². The van der Waals surface area contributed by atoms with Crippen LogP contribution in [-0.2, 0) is 0 Å². The molecule has 0 bridgehead atoms. The third kappa shape index (κ3) is 3.89. The Kier molecular flexibility index (Phi) is 6.18. The van der Waals surface area contributed by atoms with E-state index in [0.717, 1.165) is 32.9 Å². The molecule has 0 aliphatic heterocycles. The molecule has 0 heterocycles. The van der Waals surface area contributed by atoms with E-state index in [4.69, 9.17) is 11.6 Å². The molecule has 1 aliphatic carbocycles. The standard InChI is InChI=1S/C17H25ClIN/c1-4-20-17(13-6-5-11(2)12(3)9-13)14-7-8-16(19)15(18)10-14/h7-8,10-13,17,20H,4-6,9H2,1-3H3. The van der Waals surface area contributed by atoms with Crippen LogP contribution in [0.5, 0.6) is 0 Å². The maximum atomic E-state index is 6.31. The van der Waals surface area contributed by atoms with Crippen molar-refractivity contribution in [2.75, 3.05) is 6.54 Å². The van der Waals surface area contributed by atoms with Crippen LogP contribution in [0.4, 0.5) is 0 Å². The van der Waals surface area contributed by atoms with Crippen LogP contribution in [0.25, 0.3) is 0 Å². The van der Waals surface area contributed by atoms with E-state index >= 15 is 0 Å². The summed E-state index contributed by atoms with van der Waals surface area (Å²) in [5, 5.41) is 4.57. The second kappa shape index (κ2) is 7.46. The molecule has 4 unspecified atom stereocenters. The van der Waals surface area contributed by atoms with Gasteiger partial charge in [0, 0.05) is 9.61 Å². The normalized spacial score (nSPS) is 28.4. The molecule has 1 fully saturated rings. The topological polar surface area (TPSA) is 12.0 Å². The molecular formula is C17H25ClIN. The zero-order valence-electron chi connectivity index (χ0n) is 12.6. The van der Waals surface area contributed by atoms with Crippen LogP contribution < -0.4 is 5.32 Å². The van der Waals surface area contributed by atoms with Crippen LogP contribution in [0.1, 0.15) is 51.6 Å². The van der Waals surface area contributed by atoms with Crippen LogP contribution in [0.3, 0.4) is 0 Å². The monoisotopic (exact) mass is 405 g/mol. The van der Waals surface area contributed by atoms with Gasteiger partial charge in [-0.1, -0.05) is 44.9 Å². The largest absolute Gasteiger partial charge is 0.310 e. The summed E-state index contributed by atoms with van der Waals surface area (Å²) in [7, 11) is 0. The molecule has 2 rings (SSSR count). The fourth-order valence-corrected chi connectivity index (χ4v) is 3.90. The fraction of sp³-hybridized carbons (Fsp3) is 0.647. The number of halogens is 2. The summed E-state index contributed by atoms with van der Waals surface area (Å²) < 4.78 is 1.13. The summed E-state index contributed by atoms with van der Waals surface area (Å²) in [5.74, 6) is 2.43. The Morgan fingerprint density at radius 1 is 1.30 bits per heavy atom. The van der Waals surface area contributed by atoms with Crippen molar-refractivity contribution in [1.82, 2.24) is 5.32 Å². The molecule has 1 aliphatic rings. The predicted molar refractivity (Wildman–Crippen MR) is 96.3 cm³/mol. The van der Waals surface area contributed by atoms with Gasteiger partial charge in [0.1, 0.15) is 0 Å². The first-order valence-electron chi connectivity index (χ1n) is 7.71. The molecule has 1 aromatic rings. The molecule has 20 heavy (non-hydrogen) atoms. The van der Waals surface area contributed by atoms with Crippen molar-refractivity contribution in [2.45, 2.75) is 46.1 Å². The van der Waals surface area contributed by atoms with Crippen molar-refractivity contribution in [1.29, 1.82) is 0 Å². The maximum Gasteiger partial charge on any atom is 0.0542 e. The molecule has 1 aromatic carbocycles. The molecule has 1 saturated carbocycles. The summed E-state index contributed by atoms with van der Waals surface area (Å²) >= 11 is 8.61. The number of benzene rings is 1. The highest BCUT2D eigenvalue weighted by molar-refractivity contribution is 14.1. The van der Waals surface area contributed by atoms with Crippen molar-refractivity contribution in [2.24, 2.45) is 17.8 Å². The van der Waals surface area contributed by atoms with Gasteiger partial charge >= 0.3 is 0 Å². The summed E-state index contributed by atoms with van der Waals surface area (Å²) in [4.78, 5) is 0. The predicted octanol–water partition coefficient (Wildman–Crippen LogP) is 5.67. The third-order valence-electron chi connectivity index (χ3n) is 4.84. The van der Waals surface area contributed by atoms with Crippen LogP contribution in [0, 0.1) is 21.3 Å². The first-order valence-corrected chi connectivity index (χ1v) is 9.17. The first kappa shape index (κ1) is 16.6. The SMILES string of the molecule is CCNC(c1ccc(I)c(Cl)c1)C1CCC(C)C(C)C1. The maximum absolute atomic E-state index is 6.31. The van der Waals surface area contributed by atoms with Gasteiger partial charge in [-0.3, -0.25) is 0 Å². The number of hydrogen-bond donors (Lipinski definition) is 1. The molecule has 4 atom stereocenters. The first-order chi connectivity index (χ1) is 9.52. The summed E-state index contributed by atoms with van der Waals surface area (Å²) in [6.45, 7) is 8.00. The molecule has 0 spiro atoms. The smallest absolute Gasteiger partial charge is 0.0542 e. The molecule has 0 saturated heterocycles. The van der Waals surface area contributed by atoms with E-state index in [1.807, 2.05) is 0 Å². The van der Waals surface area contributed by atoms with Gasteiger partial charge in [0.15, 0.2) is 0 Å². The zero-order valence-corrected chi connectivity index (χ0v) is 15.5. The van der Waals surface area contributed by atoms with Gasteiger partial charge in [-0.15, -0.1) is 0 Å². The Morgan fingerprint density at radius 3 is 2.65 bits per heavy atom. The fourth-order valence-electron chi connectivity index (χ4n) is 3.37. The minimum atomic E-state index is 0.449. The van der Waals surface area contributed by atoms with E-state index in [0.29, 0.717) is 6.04 Å². The van der Waals surface area contributed by atoms with E-state index in [1.54, 1.807) is 0 Å². The van der Waals surface area contributed by atoms with E-state index in [1.165, 1.54) is 24.8 Å². The number of rotatable bonds is 4. The summed E-state index contributed by atoms with van der Waals surface area (Å²) in [6.07, 6.45) is 4.00. The molecule has 0 radical (unpaired) electrons. The zero-order chi connectivity index (χ0) is 14.7. The number of nitrogens with one attached hydrogen (secondary N) is 1. The average molecular weight is 406 g/mol. The van der Waals surface area contributed by atoms with Gasteiger partial charge < -0.3 is 5.32 Å². The highest BCUT2D eigenvalue weighted by atomic mass is 127. The van der Waals surface area contributed by atoms with Crippen molar-refractivity contribution < 1.29 is 0 Å². The Morgan fingerprint density at radius 2 is 2.05 bits per heavy atom. The Labute approximate surface area is 142 Å². The Balaban J connectivity index is 2.19. The molecule has 0 aromatic heterocycles. The van der Waals surface area contributed by atoms with Gasteiger partial charge in [-0.05, 0) is 77.4 Å². The summed E-state index contributed by atoms with van der Waals surface area (Å²) in [6, 6.07) is 6.98. The molecule has 0 amide bonds. The van der Waals surface area contributed by atoms with Crippen LogP contribution in [0.2, 0.25) is 5.02 Å². The Hall–Kier alpha value is 0.200. The lowest BCUT2D eigenvalue weighted by Crippen LogP contribution is -2.33. The lowest BCUT2D eigenvalue weighted by Gasteiger charge is -2.37. The Bertz CT molecular complexity index is 449. The highest BCUT2D eigenvalue weighted by Crippen LogP contribution is 2.40. The van der Waals surface area contributed by atoms with Crippen molar-refractivity contribution in [3.8, 4) is 0 Å². The van der Waals surface area contributed by atoms with Gasteiger partial charge in [0.2, 0.25) is 0 Å². The second-order valence-electron chi connectivity index (χ2n) is 6.24. The molecule has 112 valence electrons. The van der Waals surface area contributed by atoms with Gasteiger partial charge in [-0.25, -0.2) is 0 Å². The third-order valence-corrected chi connectivity index (χ3v) is 6.41. The van der Waals surface area contributed by atoms with Crippen LogP contribution >= 0.6 is 34.2 Å². The van der Waals surface area contributed by atoms with E-state index in [2.05, 4.69) is 66.9 Å². The van der Waals surface area contributed by atoms with Gasteiger partial charge in [0.25, 0.3) is 0 Å². The van der Waals surface area contributed by atoms with E-state index in [-0.39, 0.29) is 0 Å². The highest BCUT2D eigenvalue weighted by Gasteiger charge is 2.30. The van der Waals surface area contributed by atoms with Crippen LogP contribution in [0.15, 0.2) is 18.2 Å². The van der Waals surface area contributed by atoms with Gasteiger partial charge in [-0.2, -0.15) is 0 Å². The average Bonchev–Trinajstić information content (AvgIpc) is 2.43. The minimum Gasteiger partial charge on any atom is -0.310 e. The lowest BCUT2D eigenvalue weighted by atomic mass is 9.72.